The van der Waals surface area contributed by atoms with Crippen LogP contribution in [-0.4, -0.2) is 39.2 Å². The highest BCUT2D eigenvalue weighted by Crippen LogP contribution is 2.21. The maximum atomic E-state index is 11.4. The van der Waals surface area contributed by atoms with Crippen molar-refractivity contribution in [2.75, 3.05) is 10.6 Å². The lowest BCUT2D eigenvalue weighted by atomic mass is 10.1. The highest BCUT2D eigenvalue weighted by Gasteiger charge is 2.19. The Morgan fingerprint density at radius 1 is 1.36 bits per heavy atom. The standard InChI is InChI=1S/C15H25N5O2/c1-9(2)18-14-12(13(16)22)8-17-15(20-14)19-10-4-3-5-11(21)7-6-10/h8-11,21H,3-7H2,1-2H3,(H2,16,22)(H2,17,18,19,20)/t10-,11?/m1/s1. The first-order chi connectivity index (χ1) is 10.5. The monoisotopic (exact) mass is 307 g/mol. The molecule has 0 radical (unpaired) electrons. The van der Waals surface area contributed by atoms with Crippen molar-refractivity contribution in [1.82, 2.24) is 9.97 Å². The van der Waals surface area contributed by atoms with Crippen LogP contribution >= 0.6 is 0 Å². The largest absolute Gasteiger partial charge is 0.393 e. The minimum absolute atomic E-state index is 0.133. The zero-order valence-corrected chi connectivity index (χ0v) is 13.2. The Morgan fingerprint density at radius 3 is 2.82 bits per heavy atom. The minimum Gasteiger partial charge on any atom is -0.393 e. The SMILES string of the molecule is CC(C)Nc1nc(N[C@@H]2CCCC(O)CC2)ncc1C(N)=O. The molecule has 0 aliphatic heterocycles. The van der Waals surface area contributed by atoms with E-state index in [1.165, 1.54) is 6.20 Å². The molecule has 2 atom stereocenters. The molecule has 0 saturated heterocycles. The maximum Gasteiger partial charge on any atom is 0.254 e. The number of primary amides is 1. The summed E-state index contributed by atoms with van der Waals surface area (Å²) in [6, 6.07) is 0.373. The molecule has 7 heteroatoms. The normalized spacial score (nSPS) is 22.2. The van der Waals surface area contributed by atoms with Gasteiger partial charge in [0.15, 0.2) is 0 Å². The smallest absolute Gasteiger partial charge is 0.254 e. The molecular weight excluding hydrogens is 282 g/mol. The Kier molecular flexibility index (Phi) is 5.54. The molecule has 1 fully saturated rings. The van der Waals surface area contributed by atoms with Gasteiger partial charge < -0.3 is 21.5 Å². The number of nitrogens with zero attached hydrogens (tertiary/aromatic N) is 2. The highest BCUT2D eigenvalue weighted by molar-refractivity contribution is 5.97. The highest BCUT2D eigenvalue weighted by atomic mass is 16.3. The first-order valence-electron chi connectivity index (χ1n) is 7.83. The average molecular weight is 307 g/mol. The van der Waals surface area contributed by atoms with Crippen molar-refractivity contribution in [3.63, 3.8) is 0 Å². The van der Waals surface area contributed by atoms with Crippen molar-refractivity contribution in [1.29, 1.82) is 0 Å². The van der Waals surface area contributed by atoms with E-state index in [0.717, 1.165) is 32.1 Å². The summed E-state index contributed by atoms with van der Waals surface area (Å²) in [6.45, 7) is 3.93. The molecule has 2 rings (SSSR count). The Morgan fingerprint density at radius 2 is 2.14 bits per heavy atom. The molecule has 1 aliphatic rings. The van der Waals surface area contributed by atoms with Crippen molar-refractivity contribution in [2.24, 2.45) is 5.73 Å². The molecule has 1 saturated carbocycles. The molecule has 22 heavy (non-hydrogen) atoms. The third kappa shape index (κ3) is 4.56. The zero-order valence-electron chi connectivity index (χ0n) is 13.2. The predicted octanol–water partition coefficient (Wildman–Crippen LogP) is 1.50. The van der Waals surface area contributed by atoms with Crippen LogP contribution in [0, 0.1) is 0 Å². The van der Waals surface area contributed by atoms with Crippen LogP contribution in [-0.2, 0) is 0 Å². The van der Waals surface area contributed by atoms with Gasteiger partial charge in [-0.2, -0.15) is 4.98 Å². The number of carbonyl (C=O) groups excluding carboxylic acids is 1. The molecule has 1 heterocycles. The fourth-order valence-electron chi connectivity index (χ4n) is 2.62. The molecular formula is C15H25N5O2. The number of amides is 1. The van der Waals surface area contributed by atoms with Gasteiger partial charge in [-0.25, -0.2) is 4.98 Å². The van der Waals surface area contributed by atoms with Gasteiger partial charge in [-0.1, -0.05) is 0 Å². The molecule has 0 aromatic carbocycles. The number of carbonyl (C=O) groups is 1. The Hall–Kier alpha value is -1.89. The lowest BCUT2D eigenvalue weighted by Gasteiger charge is -2.18. The maximum absolute atomic E-state index is 11.4. The van der Waals surface area contributed by atoms with Crippen LogP contribution in [0.25, 0.3) is 0 Å². The first kappa shape index (κ1) is 16.5. The molecule has 1 unspecified atom stereocenters. The number of aromatic nitrogens is 2. The Labute approximate surface area is 130 Å². The minimum atomic E-state index is -0.549. The van der Waals surface area contributed by atoms with E-state index in [1.54, 1.807) is 0 Å². The topological polar surface area (TPSA) is 113 Å². The lowest BCUT2D eigenvalue weighted by Crippen LogP contribution is -2.23. The molecule has 7 nitrogen and oxygen atoms in total. The summed E-state index contributed by atoms with van der Waals surface area (Å²) in [6.07, 6.45) is 5.72. The van der Waals surface area contributed by atoms with Crippen LogP contribution < -0.4 is 16.4 Å². The van der Waals surface area contributed by atoms with E-state index in [0.29, 0.717) is 11.8 Å². The molecule has 0 spiro atoms. The molecule has 0 bridgehead atoms. The van der Waals surface area contributed by atoms with Gasteiger partial charge in [0.2, 0.25) is 5.95 Å². The summed E-state index contributed by atoms with van der Waals surface area (Å²) >= 11 is 0. The summed E-state index contributed by atoms with van der Waals surface area (Å²) in [7, 11) is 0. The van der Waals surface area contributed by atoms with E-state index in [4.69, 9.17) is 5.73 Å². The number of hydrogen-bond donors (Lipinski definition) is 4. The van der Waals surface area contributed by atoms with Crippen molar-refractivity contribution < 1.29 is 9.90 Å². The van der Waals surface area contributed by atoms with Crippen molar-refractivity contribution in [2.45, 2.75) is 64.1 Å². The van der Waals surface area contributed by atoms with Crippen LogP contribution in [0.15, 0.2) is 6.20 Å². The summed E-state index contributed by atoms with van der Waals surface area (Å²) in [5.74, 6) is 0.385. The van der Waals surface area contributed by atoms with E-state index in [-0.39, 0.29) is 23.8 Å². The van der Waals surface area contributed by atoms with Crippen LogP contribution in [0.1, 0.15) is 56.3 Å². The number of nitrogens with two attached hydrogens (primary N) is 1. The van der Waals surface area contributed by atoms with Crippen molar-refractivity contribution in [3.8, 4) is 0 Å². The number of aliphatic hydroxyl groups is 1. The van der Waals surface area contributed by atoms with Gasteiger partial charge in [0, 0.05) is 18.3 Å². The lowest BCUT2D eigenvalue weighted by molar-refractivity contribution is 0.100. The van der Waals surface area contributed by atoms with Gasteiger partial charge in [-0.05, 0) is 46.0 Å². The van der Waals surface area contributed by atoms with E-state index in [1.807, 2.05) is 13.8 Å². The summed E-state index contributed by atoms with van der Waals surface area (Å²) in [4.78, 5) is 20.0. The van der Waals surface area contributed by atoms with Crippen molar-refractivity contribution in [3.05, 3.63) is 11.8 Å². The number of nitrogens with one attached hydrogen (secondary N) is 2. The van der Waals surface area contributed by atoms with Crippen LogP contribution in [0.3, 0.4) is 0 Å². The second-order valence-corrected chi connectivity index (χ2v) is 6.12. The number of rotatable bonds is 5. The number of hydrogen-bond acceptors (Lipinski definition) is 6. The van der Waals surface area contributed by atoms with Gasteiger partial charge in [-0.3, -0.25) is 4.79 Å². The second kappa shape index (κ2) is 7.40. The van der Waals surface area contributed by atoms with Gasteiger partial charge in [0.1, 0.15) is 5.82 Å². The number of anilines is 2. The Balaban J connectivity index is 2.12. The van der Waals surface area contributed by atoms with Crippen molar-refractivity contribution >= 4 is 17.7 Å². The number of aliphatic hydroxyl groups excluding tert-OH is 1. The third-order valence-corrected chi connectivity index (χ3v) is 3.75. The van der Waals surface area contributed by atoms with E-state index >= 15 is 0 Å². The zero-order chi connectivity index (χ0) is 16.1. The van der Waals surface area contributed by atoms with Crippen LogP contribution in [0.5, 0.6) is 0 Å². The van der Waals surface area contributed by atoms with Gasteiger partial charge in [-0.15, -0.1) is 0 Å². The summed E-state index contributed by atoms with van der Waals surface area (Å²) < 4.78 is 0. The summed E-state index contributed by atoms with van der Waals surface area (Å²) in [5.41, 5.74) is 5.64. The third-order valence-electron chi connectivity index (χ3n) is 3.75. The fourth-order valence-corrected chi connectivity index (χ4v) is 2.62. The molecule has 5 N–H and O–H groups in total. The fraction of sp³-hybridized carbons (Fsp3) is 0.667. The average Bonchev–Trinajstić information content (AvgIpc) is 2.63. The summed E-state index contributed by atoms with van der Waals surface area (Å²) in [5, 5.41) is 16.1. The molecule has 1 aromatic heterocycles. The molecule has 1 aromatic rings. The van der Waals surface area contributed by atoms with Crippen LogP contribution in [0.4, 0.5) is 11.8 Å². The molecule has 122 valence electrons. The van der Waals surface area contributed by atoms with Gasteiger partial charge in [0.05, 0.1) is 11.7 Å². The first-order valence-corrected chi connectivity index (χ1v) is 7.83. The second-order valence-electron chi connectivity index (χ2n) is 6.12. The van der Waals surface area contributed by atoms with E-state index < -0.39 is 5.91 Å². The molecule has 1 amide bonds. The predicted molar refractivity (Wildman–Crippen MR) is 85.8 cm³/mol. The van der Waals surface area contributed by atoms with E-state index in [9.17, 15) is 9.90 Å². The van der Waals surface area contributed by atoms with Crippen LogP contribution in [0.2, 0.25) is 0 Å². The van der Waals surface area contributed by atoms with E-state index in [2.05, 4.69) is 20.6 Å². The molecule has 1 aliphatic carbocycles. The van der Waals surface area contributed by atoms with Gasteiger partial charge >= 0.3 is 0 Å². The quantitative estimate of drug-likeness (QED) is 0.613. The van der Waals surface area contributed by atoms with Gasteiger partial charge in [0.25, 0.3) is 5.91 Å². The Bertz CT molecular complexity index is 521.